The zero-order valence-corrected chi connectivity index (χ0v) is 16.6. The lowest BCUT2D eigenvalue weighted by atomic mass is 10.1. The summed E-state index contributed by atoms with van der Waals surface area (Å²) in [6.45, 7) is 4.13. The van der Waals surface area contributed by atoms with Crippen molar-refractivity contribution in [3.63, 3.8) is 0 Å². The van der Waals surface area contributed by atoms with Crippen molar-refractivity contribution in [2.24, 2.45) is 0 Å². The highest BCUT2D eigenvalue weighted by molar-refractivity contribution is 9.10. The van der Waals surface area contributed by atoms with Crippen LogP contribution in [0, 0.1) is 6.92 Å². The second-order valence-corrected chi connectivity index (χ2v) is 8.52. The van der Waals surface area contributed by atoms with Crippen LogP contribution in [0.15, 0.2) is 57.9 Å². The van der Waals surface area contributed by atoms with E-state index >= 15 is 0 Å². The Morgan fingerprint density at radius 1 is 1.08 bits per heavy atom. The van der Waals surface area contributed by atoms with E-state index < -0.39 is 10.0 Å². The average molecular weight is 425 g/mol. The van der Waals surface area contributed by atoms with Crippen LogP contribution in [0.3, 0.4) is 0 Å². The van der Waals surface area contributed by atoms with Crippen molar-refractivity contribution in [3.05, 3.63) is 64.1 Å². The third-order valence-electron chi connectivity index (χ3n) is 3.62. The van der Waals surface area contributed by atoms with Gasteiger partial charge in [-0.05, 0) is 43.7 Å². The molecule has 0 aliphatic carbocycles. The number of nitrogens with one attached hydrogen (secondary N) is 1. The molecule has 0 aliphatic rings. The van der Waals surface area contributed by atoms with Crippen LogP contribution >= 0.6 is 15.9 Å². The Hall–Kier alpha value is -1.70. The van der Waals surface area contributed by atoms with Crippen LogP contribution in [0.5, 0.6) is 0 Å². The number of carbonyl (C=O) groups is 1. The molecule has 0 radical (unpaired) electrons. The van der Waals surface area contributed by atoms with Gasteiger partial charge in [-0.2, -0.15) is 4.31 Å². The minimum absolute atomic E-state index is 0.135. The van der Waals surface area contributed by atoms with E-state index in [1.807, 2.05) is 31.2 Å². The first-order valence-corrected chi connectivity index (χ1v) is 10.1. The van der Waals surface area contributed by atoms with Gasteiger partial charge in [0.1, 0.15) is 0 Å². The third kappa shape index (κ3) is 5.39. The molecule has 0 unspecified atom stereocenters. The first-order valence-electron chi connectivity index (χ1n) is 7.91. The summed E-state index contributed by atoms with van der Waals surface area (Å²) in [6.07, 6.45) is 0. The molecule has 0 spiro atoms. The maximum absolute atomic E-state index is 13.0. The van der Waals surface area contributed by atoms with Crippen LogP contribution in [0.4, 0.5) is 0 Å². The van der Waals surface area contributed by atoms with Gasteiger partial charge in [-0.25, -0.2) is 8.42 Å². The standard InChI is InChI=1S/C18H21BrN2O3S/c1-3-20-18(22)13-21(12-15-6-4-14(2)5-7-15)25(23,24)17-10-8-16(19)9-11-17/h4-11H,3,12-13H2,1-2H3,(H,20,22). The van der Waals surface area contributed by atoms with E-state index in [0.29, 0.717) is 6.54 Å². The molecular weight excluding hydrogens is 404 g/mol. The summed E-state index contributed by atoms with van der Waals surface area (Å²) in [5.74, 6) is -0.324. The van der Waals surface area contributed by atoms with Crippen molar-refractivity contribution in [1.82, 2.24) is 9.62 Å². The molecule has 0 saturated carbocycles. The number of hydrogen-bond acceptors (Lipinski definition) is 3. The van der Waals surface area contributed by atoms with Gasteiger partial charge in [0.25, 0.3) is 0 Å². The van der Waals surface area contributed by atoms with Crippen LogP contribution in [0.1, 0.15) is 18.1 Å². The molecule has 0 saturated heterocycles. The smallest absolute Gasteiger partial charge is 0.243 e. The lowest BCUT2D eigenvalue weighted by Gasteiger charge is -2.22. The number of carbonyl (C=O) groups excluding carboxylic acids is 1. The summed E-state index contributed by atoms with van der Waals surface area (Å²) in [6, 6.07) is 14.0. The van der Waals surface area contributed by atoms with Crippen molar-refractivity contribution < 1.29 is 13.2 Å². The summed E-state index contributed by atoms with van der Waals surface area (Å²) in [5.41, 5.74) is 1.92. The van der Waals surface area contributed by atoms with Crippen molar-refractivity contribution in [2.45, 2.75) is 25.3 Å². The quantitative estimate of drug-likeness (QED) is 0.742. The molecule has 0 bridgehead atoms. The molecule has 0 fully saturated rings. The van der Waals surface area contributed by atoms with Crippen LogP contribution in [-0.2, 0) is 21.4 Å². The summed E-state index contributed by atoms with van der Waals surface area (Å²) >= 11 is 3.30. The van der Waals surface area contributed by atoms with Gasteiger partial charge in [-0.1, -0.05) is 45.8 Å². The maximum atomic E-state index is 13.0. The van der Waals surface area contributed by atoms with Gasteiger partial charge in [0, 0.05) is 17.6 Å². The summed E-state index contributed by atoms with van der Waals surface area (Å²) in [5, 5.41) is 2.65. The molecule has 0 atom stereocenters. The zero-order valence-electron chi connectivity index (χ0n) is 14.2. The molecular formula is C18H21BrN2O3S. The second kappa shape index (κ2) is 8.60. The molecule has 5 nitrogen and oxygen atoms in total. The number of rotatable bonds is 7. The lowest BCUT2D eigenvalue weighted by Crippen LogP contribution is -2.40. The summed E-state index contributed by atoms with van der Waals surface area (Å²) < 4.78 is 28.0. The Balaban J connectivity index is 2.33. The Bertz CT molecular complexity index is 818. The van der Waals surface area contributed by atoms with Crippen LogP contribution in [0.2, 0.25) is 0 Å². The molecule has 0 heterocycles. The van der Waals surface area contributed by atoms with Gasteiger partial charge >= 0.3 is 0 Å². The number of sulfonamides is 1. The molecule has 1 amide bonds. The van der Waals surface area contributed by atoms with Crippen molar-refractivity contribution >= 4 is 31.9 Å². The fraction of sp³-hybridized carbons (Fsp3) is 0.278. The Kier molecular flexibility index (Phi) is 6.75. The normalized spacial score (nSPS) is 11.5. The van der Waals surface area contributed by atoms with Gasteiger partial charge in [0.2, 0.25) is 15.9 Å². The SMILES string of the molecule is CCNC(=O)CN(Cc1ccc(C)cc1)S(=O)(=O)c1ccc(Br)cc1. The molecule has 0 aliphatic heterocycles. The van der Waals surface area contributed by atoms with E-state index in [1.165, 1.54) is 16.4 Å². The molecule has 25 heavy (non-hydrogen) atoms. The largest absolute Gasteiger partial charge is 0.355 e. The summed E-state index contributed by atoms with van der Waals surface area (Å²) in [4.78, 5) is 12.2. The highest BCUT2D eigenvalue weighted by Gasteiger charge is 2.26. The third-order valence-corrected chi connectivity index (χ3v) is 5.96. The number of nitrogens with zero attached hydrogens (tertiary/aromatic N) is 1. The van der Waals surface area contributed by atoms with Crippen LogP contribution in [-0.4, -0.2) is 31.7 Å². The Labute approximate surface area is 157 Å². The number of hydrogen-bond donors (Lipinski definition) is 1. The van der Waals surface area contributed by atoms with Crippen molar-refractivity contribution in [3.8, 4) is 0 Å². The minimum atomic E-state index is -3.79. The number of aryl methyl sites for hydroxylation is 1. The fourth-order valence-corrected chi connectivity index (χ4v) is 3.94. The average Bonchev–Trinajstić information content (AvgIpc) is 2.57. The first kappa shape index (κ1) is 19.6. The van der Waals surface area contributed by atoms with E-state index in [1.54, 1.807) is 19.1 Å². The fourth-order valence-electron chi connectivity index (χ4n) is 2.29. The van der Waals surface area contributed by atoms with E-state index in [9.17, 15) is 13.2 Å². The van der Waals surface area contributed by atoms with Crippen molar-refractivity contribution in [2.75, 3.05) is 13.1 Å². The molecule has 1 N–H and O–H groups in total. The maximum Gasteiger partial charge on any atom is 0.243 e. The Morgan fingerprint density at radius 3 is 2.24 bits per heavy atom. The van der Waals surface area contributed by atoms with Gasteiger partial charge < -0.3 is 5.32 Å². The monoisotopic (exact) mass is 424 g/mol. The van der Waals surface area contributed by atoms with Gasteiger partial charge in [-0.15, -0.1) is 0 Å². The number of halogens is 1. The highest BCUT2D eigenvalue weighted by atomic mass is 79.9. The first-order chi connectivity index (χ1) is 11.8. The van der Waals surface area contributed by atoms with E-state index in [0.717, 1.165) is 15.6 Å². The predicted molar refractivity (Wildman–Crippen MR) is 102 cm³/mol. The molecule has 7 heteroatoms. The molecule has 0 aromatic heterocycles. The topological polar surface area (TPSA) is 66.5 Å². The van der Waals surface area contributed by atoms with Gasteiger partial charge in [0.05, 0.1) is 11.4 Å². The van der Waals surface area contributed by atoms with Crippen LogP contribution < -0.4 is 5.32 Å². The predicted octanol–water partition coefficient (Wildman–Crippen LogP) is 3.08. The Morgan fingerprint density at radius 2 is 1.68 bits per heavy atom. The molecule has 2 rings (SSSR count). The lowest BCUT2D eigenvalue weighted by molar-refractivity contribution is -0.121. The van der Waals surface area contributed by atoms with E-state index in [-0.39, 0.29) is 23.9 Å². The highest BCUT2D eigenvalue weighted by Crippen LogP contribution is 2.20. The van der Waals surface area contributed by atoms with Gasteiger partial charge in [0.15, 0.2) is 0 Å². The number of benzene rings is 2. The summed E-state index contributed by atoms with van der Waals surface area (Å²) in [7, 11) is -3.79. The molecule has 2 aromatic carbocycles. The van der Waals surface area contributed by atoms with Crippen molar-refractivity contribution in [1.29, 1.82) is 0 Å². The van der Waals surface area contributed by atoms with E-state index in [4.69, 9.17) is 0 Å². The minimum Gasteiger partial charge on any atom is -0.355 e. The molecule has 2 aromatic rings. The zero-order chi connectivity index (χ0) is 18.4. The van der Waals surface area contributed by atoms with E-state index in [2.05, 4.69) is 21.2 Å². The number of amides is 1. The van der Waals surface area contributed by atoms with Gasteiger partial charge in [-0.3, -0.25) is 4.79 Å². The molecule has 134 valence electrons. The van der Waals surface area contributed by atoms with Crippen LogP contribution in [0.25, 0.3) is 0 Å². The number of likely N-dealkylation sites (N-methyl/N-ethyl adjacent to an activating group) is 1. The second-order valence-electron chi connectivity index (χ2n) is 5.67.